The first kappa shape index (κ1) is 10.6. The Morgan fingerprint density at radius 1 is 1.12 bits per heavy atom. The van der Waals surface area contributed by atoms with E-state index >= 15 is 0 Å². The average molecular weight is 214 g/mol. The molecule has 2 aromatic rings. The fourth-order valence-corrected chi connectivity index (χ4v) is 1.68. The third-order valence-electron chi connectivity index (χ3n) is 2.48. The Morgan fingerprint density at radius 2 is 1.88 bits per heavy atom. The number of pyridine rings is 2. The summed E-state index contributed by atoms with van der Waals surface area (Å²) in [6, 6.07) is 5.58. The van der Waals surface area contributed by atoms with Gasteiger partial charge in [0, 0.05) is 24.2 Å². The van der Waals surface area contributed by atoms with Crippen molar-refractivity contribution in [1.82, 2.24) is 9.97 Å². The van der Waals surface area contributed by atoms with Crippen molar-refractivity contribution in [2.45, 2.75) is 19.8 Å². The molecule has 2 aromatic heterocycles. The van der Waals surface area contributed by atoms with Gasteiger partial charge in [0.2, 0.25) is 0 Å². The largest absolute Gasteiger partial charge is 0.505 e. The first-order chi connectivity index (χ1) is 7.83. The maximum Gasteiger partial charge on any atom is 0.144 e. The summed E-state index contributed by atoms with van der Waals surface area (Å²) >= 11 is 0. The molecule has 1 N–H and O–H groups in total. The van der Waals surface area contributed by atoms with Gasteiger partial charge in [-0.15, -0.1) is 0 Å². The minimum Gasteiger partial charge on any atom is -0.505 e. The molecule has 0 fully saturated rings. The maximum atomic E-state index is 10.1. The van der Waals surface area contributed by atoms with E-state index in [4.69, 9.17) is 0 Å². The predicted octanol–water partition coefficient (Wildman–Crippen LogP) is 2.80. The van der Waals surface area contributed by atoms with Crippen LogP contribution in [0.2, 0.25) is 0 Å². The molecule has 82 valence electrons. The summed E-state index contributed by atoms with van der Waals surface area (Å²) in [6.45, 7) is 2.07. The molecule has 0 saturated heterocycles. The molecule has 0 bridgehead atoms. The minimum absolute atomic E-state index is 0.288. The van der Waals surface area contributed by atoms with Crippen LogP contribution in [0.3, 0.4) is 0 Å². The average Bonchev–Trinajstić information content (AvgIpc) is 2.33. The Morgan fingerprint density at radius 3 is 2.56 bits per heavy atom. The van der Waals surface area contributed by atoms with E-state index in [-0.39, 0.29) is 5.75 Å². The molecule has 16 heavy (non-hydrogen) atoms. The number of hydrogen-bond acceptors (Lipinski definition) is 3. The molecule has 3 nitrogen and oxygen atoms in total. The monoisotopic (exact) mass is 214 g/mol. The lowest BCUT2D eigenvalue weighted by molar-refractivity contribution is 0.465. The molecule has 0 aromatic carbocycles. The molecule has 0 aliphatic carbocycles. The Kier molecular flexibility index (Phi) is 3.15. The van der Waals surface area contributed by atoms with Gasteiger partial charge in [-0.3, -0.25) is 9.97 Å². The molecule has 3 heteroatoms. The topological polar surface area (TPSA) is 46.0 Å². The number of nitrogens with zero attached hydrogens (tertiary/aromatic N) is 2. The second-order valence-corrected chi connectivity index (χ2v) is 3.64. The van der Waals surface area contributed by atoms with Crippen LogP contribution in [-0.2, 0) is 6.42 Å². The first-order valence-corrected chi connectivity index (χ1v) is 5.40. The fourth-order valence-electron chi connectivity index (χ4n) is 1.68. The lowest BCUT2D eigenvalue weighted by atomic mass is 10.0. The lowest BCUT2D eigenvalue weighted by Gasteiger charge is -2.07. The third kappa shape index (κ3) is 2.03. The van der Waals surface area contributed by atoms with Crippen LogP contribution >= 0.6 is 0 Å². The van der Waals surface area contributed by atoms with E-state index in [1.165, 1.54) is 0 Å². The van der Waals surface area contributed by atoms with E-state index in [1.807, 2.05) is 18.2 Å². The number of rotatable bonds is 3. The van der Waals surface area contributed by atoms with E-state index in [9.17, 15) is 5.11 Å². The van der Waals surface area contributed by atoms with E-state index in [1.54, 1.807) is 18.6 Å². The fraction of sp³-hybridized carbons (Fsp3) is 0.231. The smallest absolute Gasteiger partial charge is 0.144 e. The van der Waals surface area contributed by atoms with Crippen LogP contribution in [0.15, 0.2) is 36.8 Å². The molecule has 0 saturated carbocycles. The van der Waals surface area contributed by atoms with Crippen LogP contribution in [0.1, 0.15) is 19.0 Å². The third-order valence-corrected chi connectivity index (χ3v) is 2.48. The molecule has 0 radical (unpaired) electrons. The van der Waals surface area contributed by atoms with Crippen LogP contribution in [0.25, 0.3) is 11.1 Å². The highest BCUT2D eigenvalue weighted by molar-refractivity contribution is 5.70. The van der Waals surface area contributed by atoms with Crippen molar-refractivity contribution in [2.24, 2.45) is 0 Å². The van der Waals surface area contributed by atoms with Crippen LogP contribution in [-0.4, -0.2) is 15.1 Å². The van der Waals surface area contributed by atoms with E-state index < -0.39 is 0 Å². The van der Waals surface area contributed by atoms with Gasteiger partial charge in [0.15, 0.2) is 0 Å². The molecule has 2 heterocycles. The molecule has 0 amide bonds. The zero-order chi connectivity index (χ0) is 11.4. The summed E-state index contributed by atoms with van der Waals surface area (Å²) in [5, 5.41) is 10.1. The zero-order valence-corrected chi connectivity index (χ0v) is 9.22. The van der Waals surface area contributed by atoms with E-state index in [2.05, 4.69) is 16.9 Å². The highest BCUT2D eigenvalue weighted by Crippen LogP contribution is 2.30. The number of aromatic hydroxyl groups is 1. The highest BCUT2D eigenvalue weighted by Gasteiger charge is 2.08. The molecule has 2 rings (SSSR count). The summed E-state index contributed by atoms with van der Waals surface area (Å²) in [5.41, 5.74) is 2.55. The van der Waals surface area contributed by atoms with Crippen LogP contribution in [0.4, 0.5) is 0 Å². The second-order valence-electron chi connectivity index (χ2n) is 3.64. The van der Waals surface area contributed by atoms with Crippen molar-refractivity contribution in [3.63, 3.8) is 0 Å². The summed E-state index contributed by atoms with van der Waals surface area (Å²) in [6.07, 6.45) is 6.94. The van der Waals surface area contributed by atoms with Crippen molar-refractivity contribution < 1.29 is 5.11 Å². The number of hydrogen-bond donors (Lipinski definition) is 1. The summed E-state index contributed by atoms with van der Waals surface area (Å²) in [5.74, 6) is 0.288. The van der Waals surface area contributed by atoms with Gasteiger partial charge in [0.05, 0.1) is 5.69 Å². The predicted molar refractivity (Wildman–Crippen MR) is 63.1 cm³/mol. The van der Waals surface area contributed by atoms with Gasteiger partial charge < -0.3 is 5.11 Å². The van der Waals surface area contributed by atoms with Gasteiger partial charge in [-0.25, -0.2) is 0 Å². The standard InChI is InChI=1S/C13H14N2O/c1-2-3-12-13(16)11(6-9-15-12)10-4-7-14-8-5-10/h4-9,16H,2-3H2,1H3. The van der Waals surface area contributed by atoms with Gasteiger partial charge >= 0.3 is 0 Å². The van der Waals surface area contributed by atoms with Gasteiger partial charge in [0.25, 0.3) is 0 Å². The number of aromatic nitrogens is 2. The first-order valence-electron chi connectivity index (χ1n) is 5.40. The summed E-state index contributed by atoms with van der Waals surface area (Å²) in [7, 11) is 0. The van der Waals surface area contributed by atoms with Crippen molar-refractivity contribution in [1.29, 1.82) is 0 Å². The van der Waals surface area contributed by atoms with Crippen LogP contribution < -0.4 is 0 Å². The summed E-state index contributed by atoms with van der Waals surface area (Å²) < 4.78 is 0. The van der Waals surface area contributed by atoms with Crippen LogP contribution in [0.5, 0.6) is 5.75 Å². The highest BCUT2D eigenvalue weighted by atomic mass is 16.3. The van der Waals surface area contributed by atoms with Gasteiger partial charge in [-0.2, -0.15) is 0 Å². The van der Waals surface area contributed by atoms with Crippen molar-refractivity contribution in [3.05, 3.63) is 42.5 Å². The van der Waals surface area contributed by atoms with Gasteiger partial charge in [-0.05, 0) is 30.2 Å². The molecule has 0 unspecified atom stereocenters. The minimum atomic E-state index is 0.288. The summed E-state index contributed by atoms with van der Waals surface area (Å²) in [4.78, 5) is 8.15. The van der Waals surface area contributed by atoms with Crippen LogP contribution in [0, 0.1) is 0 Å². The zero-order valence-electron chi connectivity index (χ0n) is 9.22. The normalized spacial score (nSPS) is 10.3. The van der Waals surface area contributed by atoms with Gasteiger partial charge in [-0.1, -0.05) is 13.3 Å². The molecule has 0 spiro atoms. The van der Waals surface area contributed by atoms with Crippen molar-refractivity contribution in [3.8, 4) is 16.9 Å². The molecular weight excluding hydrogens is 200 g/mol. The molecule has 0 aliphatic rings. The Labute approximate surface area is 94.8 Å². The molecule has 0 atom stereocenters. The second kappa shape index (κ2) is 4.75. The maximum absolute atomic E-state index is 10.1. The molecular formula is C13H14N2O. The van der Waals surface area contributed by atoms with Gasteiger partial charge in [0.1, 0.15) is 5.75 Å². The van der Waals surface area contributed by atoms with E-state index in [0.29, 0.717) is 0 Å². The number of aryl methyl sites for hydroxylation is 1. The Bertz CT molecular complexity index is 469. The lowest BCUT2D eigenvalue weighted by Crippen LogP contribution is -1.91. The Hall–Kier alpha value is -1.90. The van der Waals surface area contributed by atoms with E-state index in [0.717, 1.165) is 29.7 Å². The quantitative estimate of drug-likeness (QED) is 0.854. The van der Waals surface area contributed by atoms with Crippen molar-refractivity contribution in [2.75, 3.05) is 0 Å². The Balaban J connectivity index is 2.46. The SMILES string of the molecule is CCCc1nccc(-c2ccncc2)c1O. The molecule has 0 aliphatic heterocycles. The van der Waals surface area contributed by atoms with Crippen molar-refractivity contribution >= 4 is 0 Å².